The molecule has 0 aromatic heterocycles. The molecule has 1 aliphatic rings. The molecular weight excluding hydrogens is 204 g/mol. The van der Waals surface area contributed by atoms with Gasteiger partial charge in [-0.1, -0.05) is 20.3 Å². The summed E-state index contributed by atoms with van der Waals surface area (Å²) in [4.78, 5) is 11.9. The number of ether oxygens (including phenoxy) is 1. The zero-order valence-electron chi connectivity index (χ0n) is 10.9. The Kier molecular flexibility index (Phi) is 4.00. The second-order valence-electron chi connectivity index (χ2n) is 5.30. The Hall–Kier alpha value is -0.570. The minimum absolute atomic E-state index is 0.0976. The number of esters is 1. The summed E-state index contributed by atoms with van der Waals surface area (Å²) in [6.45, 7) is 8.05. The van der Waals surface area contributed by atoms with Crippen LogP contribution in [0, 0.1) is 11.3 Å². The van der Waals surface area contributed by atoms with Crippen LogP contribution < -0.4 is 0 Å². The van der Waals surface area contributed by atoms with E-state index in [4.69, 9.17) is 4.74 Å². The lowest BCUT2D eigenvalue weighted by atomic mass is 9.75. The number of carbonyl (C=O) groups is 1. The van der Waals surface area contributed by atoms with Crippen LogP contribution in [-0.2, 0) is 9.53 Å². The van der Waals surface area contributed by atoms with Crippen molar-refractivity contribution < 1.29 is 14.6 Å². The Labute approximate surface area is 98.2 Å². The van der Waals surface area contributed by atoms with Crippen LogP contribution in [0.5, 0.6) is 0 Å². The number of hydrogen-bond acceptors (Lipinski definition) is 3. The lowest BCUT2D eigenvalue weighted by Gasteiger charge is -2.36. The number of rotatable bonds is 6. The molecule has 2 unspecified atom stereocenters. The van der Waals surface area contributed by atoms with Gasteiger partial charge in [-0.25, -0.2) is 0 Å². The van der Waals surface area contributed by atoms with E-state index in [2.05, 4.69) is 6.92 Å². The predicted molar refractivity (Wildman–Crippen MR) is 63.0 cm³/mol. The standard InChI is InChI=1S/C13H24O3/c1-5-7-10(11(14)16-6-2)13(4,15)12(3)8-9-12/h10,15H,5-9H2,1-4H3. The third-order valence-corrected chi connectivity index (χ3v) is 4.05. The smallest absolute Gasteiger partial charge is 0.311 e. The Morgan fingerprint density at radius 3 is 2.44 bits per heavy atom. The molecule has 0 amide bonds. The van der Waals surface area contributed by atoms with Crippen LogP contribution in [0.25, 0.3) is 0 Å². The van der Waals surface area contributed by atoms with Gasteiger partial charge in [-0.3, -0.25) is 4.79 Å². The average Bonchev–Trinajstić information content (AvgIpc) is 2.94. The Morgan fingerprint density at radius 2 is 2.06 bits per heavy atom. The Bertz CT molecular complexity index is 254. The van der Waals surface area contributed by atoms with E-state index in [0.29, 0.717) is 13.0 Å². The molecule has 0 aromatic carbocycles. The molecule has 1 aliphatic carbocycles. The predicted octanol–water partition coefficient (Wildman–Crippen LogP) is 2.52. The highest BCUT2D eigenvalue weighted by molar-refractivity contribution is 5.74. The molecule has 0 saturated heterocycles. The zero-order valence-corrected chi connectivity index (χ0v) is 10.9. The van der Waals surface area contributed by atoms with Crippen molar-refractivity contribution in [2.24, 2.45) is 11.3 Å². The molecule has 0 aliphatic heterocycles. The van der Waals surface area contributed by atoms with E-state index < -0.39 is 5.60 Å². The molecule has 94 valence electrons. The molecule has 1 fully saturated rings. The van der Waals surface area contributed by atoms with Crippen LogP contribution in [0.15, 0.2) is 0 Å². The van der Waals surface area contributed by atoms with Crippen molar-refractivity contribution in [3.8, 4) is 0 Å². The third-order valence-electron chi connectivity index (χ3n) is 4.05. The van der Waals surface area contributed by atoms with Crippen molar-refractivity contribution in [3.05, 3.63) is 0 Å². The first-order valence-corrected chi connectivity index (χ1v) is 6.28. The largest absolute Gasteiger partial charge is 0.466 e. The van der Waals surface area contributed by atoms with Crippen LogP contribution in [0.4, 0.5) is 0 Å². The van der Waals surface area contributed by atoms with Crippen LogP contribution in [0.2, 0.25) is 0 Å². The van der Waals surface area contributed by atoms with E-state index in [-0.39, 0.29) is 17.3 Å². The van der Waals surface area contributed by atoms with Gasteiger partial charge in [0.25, 0.3) is 0 Å². The summed E-state index contributed by atoms with van der Waals surface area (Å²) in [5.74, 6) is -0.632. The second kappa shape index (κ2) is 4.74. The molecule has 0 heterocycles. The maximum atomic E-state index is 11.9. The van der Waals surface area contributed by atoms with Crippen molar-refractivity contribution in [2.75, 3.05) is 6.61 Å². The summed E-state index contributed by atoms with van der Waals surface area (Å²) in [6.07, 6.45) is 3.58. The van der Waals surface area contributed by atoms with Crippen LogP contribution in [-0.4, -0.2) is 23.3 Å². The fraction of sp³-hybridized carbons (Fsp3) is 0.923. The van der Waals surface area contributed by atoms with Gasteiger partial charge >= 0.3 is 5.97 Å². The van der Waals surface area contributed by atoms with E-state index in [1.54, 1.807) is 13.8 Å². The first-order valence-electron chi connectivity index (χ1n) is 6.28. The van der Waals surface area contributed by atoms with Gasteiger partial charge < -0.3 is 9.84 Å². The molecule has 0 spiro atoms. The van der Waals surface area contributed by atoms with Crippen molar-refractivity contribution in [2.45, 2.75) is 59.0 Å². The number of hydrogen-bond donors (Lipinski definition) is 1. The van der Waals surface area contributed by atoms with Gasteiger partial charge in [-0.2, -0.15) is 0 Å². The molecule has 2 atom stereocenters. The molecule has 1 rings (SSSR count). The zero-order chi connectivity index (χ0) is 12.4. The lowest BCUT2D eigenvalue weighted by Crippen LogP contribution is -2.46. The van der Waals surface area contributed by atoms with Gasteiger partial charge in [-0.15, -0.1) is 0 Å². The van der Waals surface area contributed by atoms with Crippen molar-refractivity contribution in [3.63, 3.8) is 0 Å². The molecule has 16 heavy (non-hydrogen) atoms. The molecule has 3 heteroatoms. The van der Waals surface area contributed by atoms with Crippen molar-refractivity contribution in [1.29, 1.82) is 0 Å². The van der Waals surface area contributed by atoms with Crippen LogP contribution in [0.1, 0.15) is 53.4 Å². The van der Waals surface area contributed by atoms with E-state index in [1.807, 2.05) is 6.92 Å². The average molecular weight is 228 g/mol. The molecule has 1 N–H and O–H groups in total. The Morgan fingerprint density at radius 1 is 1.50 bits per heavy atom. The fourth-order valence-electron chi connectivity index (χ4n) is 2.27. The summed E-state index contributed by atoms with van der Waals surface area (Å²) in [5, 5.41) is 10.6. The van der Waals surface area contributed by atoms with E-state index in [1.165, 1.54) is 0 Å². The maximum Gasteiger partial charge on any atom is 0.311 e. The normalized spacial score (nSPS) is 23.3. The van der Waals surface area contributed by atoms with Crippen molar-refractivity contribution in [1.82, 2.24) is 0 Å². The van der Waals surface area contributed by atoms with Gasteiger partial charge in [0.1, 0.15) is 0 Å². The van der Waals surface area contributed by atoms with Crippen LogP contribution >= 0.6 is 0 Å². The minimum atomic E-state index is -0.935. The summed E-state index contributed by atoms with van der Waals surface area (Å²) < 4.78 is 5.07. The van der Waals surface area contributed by atoms with E-state index in [9.17, 15) is 9.90 Å². The molecule has 0 aromatic rings. The topological polar surface area (TPSA) is 46.5 Å². The second-order valence-corrected chi connectivity index (χ2v) is 5.30. The van der Waals surface area contributed by atoms with Crippen LogP contribution in [0.3, 0.4) is 0 Å². The maximum absolute atomic E-state index is 11.9. The van der Waals surface area contributed by atoms with Gasteiger partial charge in [-0.05, 0) is 38.5 Å². The first-order chi connectivity index (χ1) is 7.39. The molecule has 1 saturated carbocycles. The van der Waals surface area contributed by atoms with Gasteiger partial charge in [0, 0.05) is 0 Å². The molecule has 3 nitrogen and oxygen atoms in total. The fourth-order valence-corrected chi connectivity index (χ4v) is 2.27. The summed E-state index contributed by atoms with van der Waals surface area (Å²) in [5.41, 5.74) is -1.03. The first kappa shape index (κ1) is 13.5. The Balaban J connectivity index is 2.79. The molecule has 0 radical (unpaired) electrons. The summed E-state index contributed by atoms with van der Waals surface area (Å²) in [6, 6.07) is 0. The van der Waals surface area contributed by atoms with Gasteiger partial charge in [0.05, 0.1) is 18.1 Å². The lowest BCUT2D eigenvalue weighted by molar-refractivity contribution is -0.163. The van der Waals surface area contributed by atoms with E-state index in [0.717, 1.165) is 19.3 Å². The van der Waals surface area contributed by atoms with Crippen molar-refractivity contribution >= 4 is 5.97 Å². The highest BCUT2D eigenvalue weighted by Crippen LogP contribution is 2.56. The quantitative estimate of drug-likeness (QED) is 0.711. The highest BCUT2D eigenvalue weighted by Gasteiger charge is 2.57. The van der Waals surface area contributed by atoms with Gasteiger partial charge in [0.15, 0.2) is 0 Å². The summed E-state index contributed by atoms with van der Waals surface area (Å²) in [7, 11) is 0. The van der Waals surface area contributed by atoms with E-state index >= 15 is 0 Å². The van der Waals surface area contributed by atoms with Gasteiger partial charge in [0.2, 0.25) is 0 Å². The minimum Gasteiger partial charge on any atom is -0.466 e. The monoisotopic (exact) mass is 228 g/mol. The number of carbonyl (C=O) groups excluding carboxylic acids is 1. The molecule has 0 bridgehead atoms. The SMILES string of the molecule is CCCC(C(=O)OCC)C(C)(O)C1(C)CC1. The third kappa shape index (κ3) is 2.40. The highest BCUT2D eigenvalue weighted by atomic mass is 16.5. The molecular formula is C13H24O3. The number of aliphatic hydroxyl groups is 1. The summed E-state index contributed by atoms with van der Waals surface area (Å²) >= 11 is 0.